The smallest absolute Gasteiger partial charge is 0.269 e. The van der Waals surface area contributed by atoms with E-state index in [0.29, 0.717) is 5.69 Å². The molecule has 126 valence electrons. The molecule has 0 spiro atoms. The van der Waals surface area contributed by atoms with Gasteiger partial charge in [-0.2, -0.15) is 0 Å². The van der Waals surface area contributed by atoms with Crippen molar-refractivity contribution in [3.63, 3.8) is 0 Å². The highest BCUT2D eigenvalue weighted by atomic mass is 16.6. The molecule has 1 unspecified atom stereocenters. The Kier molecular flexibility index (Phi) is 4.61. The van der Waals surface area contributed by atoms with Gasteiger partial charge in [0, 0.05) is 29.5 Å². The number of hydrogen-bond donors (Lipinski definition) is 1. The minimum atomic E-state index is -0.486. The second-order valence-corrected chi connectivity index (χ2v) is 5.57. The fourth-order valence-electron chi connectivity index (χ4n) is 2.47. The third kappa shape index (κ3) is 3.92. The quantitative estimate of drug-likeness (QED) is 0.520. The summed E-state index contributed by atoms with van der Waals surface area (Å²) < 4.78 is 5.82. The lowest BCUT2D eigenvalue weighted by Crippen LogP contribution is -2.18. The van der Waals surface area contributed by atoms with E-state index in [1.807, 2.05) is 37.3 Å². The van der Waals surface area contributed by atoms with Gasteiger partial charge in [-0.1, -0.05) is 18.2 Å². The van der Waals surface area contributed by atoms with Gasteiger partial charge >= 0.3 is 0 Å². The van der Waals surface area contributed by atoms with E-state index in [1.165, 1.54) is 30.3 Å². The second kappa shape index (κ2) is 7.00. The zero-order chi connectivity index (χ0) is 17.8. The van der Waals surface area contributed by atoms with E-state index >= 15 is 0 Å². The first-order valence-corrected chi connectivity index (χ1v) is 7.74. The van der Waals surface area contributed by atoms with Gasteiger partial charge in [-0.15, -0.1) is 0 Å². The zero-order valence-electron chi connectivity index (χ0n) is 13.5. The van der Waals surface area contributed by atoms with Gasteiger partial charge in [0.15, 0.2) is 0 Å². The first-order chi connectivity index (χ1) is 12.0. The molecule has 3 rings (SSSR count). The van der Waals surface area contributed by atoms with Crippen LogP contribution in [0.2, 0.25) is 0 Å². The topological polar surface area (TPSA) is 81.5 Å². The number of hydrogen-bond acceptors (Lipinski definition) is 4. The number of ether oxygens (including phenoxy) is 1. The molecule has 0 fully saturated rings. The van der Waals surface area contributed by atoms with E-state index in [2.05, 4.69) is 5.32 Å². The molecule has 1 aliphatic heterocycles. The van der Waals surface area contributed by atoms with Gasteiger partial charge in [0.2, 0.25) is 5.91 Å². The first-order valence-electron chi connectivity index (χ1n) is 7.74. The molecule has 2 aromatic rings. The van der Waals surface area contributed by atoms with Gasteiger partial charge in [-0.3, -0.25) is 14.9 Å². The third-order valence-electron chi connectivity index (χ3n) is 3.79. The number of amides is 1. The lowest BCUT2D eigenvalue weighted by molar-refractivity contribution is -0.384. The van der Waals surface area contributed by atoms with Crippen LogP contribution >= 0.6 is 0 Å². The van der Waals surface area contributed by atoms with Crippen molar-refractivity contribution in [3.8, 4) is 5.75 Å². The maximum Gasteiger partial charge on any atom is 0.269 e. The Bertz CT molecular complexity index is 869. The molecule has 1 amide bonds. The molecule has 6 heteroatoms. The minimum Gasteiger partial charge on any atom is -0.485 e. The Hall–Kier alpha value is -3.41. The predicted octanol–water partition coefficient (Wildman–Crippen LogP) is 3.95. The first kappa shape index (κ1) is 16.4. The average Bonchev–Trinajstić information content (AvgIpc) is 2.60. The molecule has 1 atom stereocenters. The van der Waals surface area contributed by atoms with Crippen LogP contribution in [-0.2, 0) is 4.79 Å². The number of nitro benzene ring substituents is 1. The van der Waals surface area contributed by atoms with Crippen LogP contribution in [0.4, 0.5) is 11.4 Å². The lowest BCUT2D eigenvalue weighted by Gasteiger charge is -2.22. The molecule has 2 aromatic carbocycles. The van der Waals surface area contributed by atoms with Crippen molar-refractivity contribution >= 4 is 23.4 Å². The Morgan fingerprint density at radius 3 is 2.64 bits per heavy atom. The molecule has 0 radical (unpaired) electrons. The number of nitro groups is 1. The molecule has 1 N–H and O–H groups in total. The number of fused-ring (bicyclic) bond motifs is 1. The highest BCUT2D eigenvalue weighted by Crippen LogP contribution is 2.29. The average molecular weight is 336 g/mol. The normalized spacial score (nSPS) is 15.9. The van der Waals surface area contributed by atoms with E-state index in [4.69, 9.17) is 4.74 Å². The number of anilines is 1. The summed E-state index contributed by atoms with van der Waals surface area (Å²) in [7, 11) is 0. The predicted molar refractivity (Wildman–Crippen MR) is 95.4 cm³/mol. The summed E-state index contributed by atoms with van der Waals surface area (Å²) in [4.78, 5) is 22.2. The number of benzene rings is 2. The highest BCUT2D eigenvalue weighted by Gasteiger charge is 2.16. The minimum absolute atomic E-state index is 0.0226. The summed E-state index contributed by atoms with van der Waals surface area (Å²) in [6.45, 7) is 1.92. The third-order valence-corrected chi connectivity index (χ3v) is 3.79. The summed E-state index contributed by atoms with van der Waals surface area (Å²) in [6, 6.07) is 13.4. The van der Waals surface area contributed by atoms with Crippen molar-refractivity contribution < 1.29 is 14.5 Å². The highest BCUT2D eigenvalue weighted by molar-refractivity contribution is 5.99. The number of rotatable bonds is 4. The number of carbonyl (C=O) groups excluding carboxylic acids is 1. The molecule has 0 saturated heterocycles. The fourth-order valence-corrected chi connectivity index (χ4v) is 2.47. The fraction of sp³-hybridized carbons (Fsp3) is 0.105. The van der Waals surface area contributed by atoms with E-state index in [9.17, 15) is 14.9 Å². The molecule has 1 heterocycles. The number of nitrogens with zero attached hydrogens (tertiary/aromatic N) is 1. The van der Waals surface area contributed by atoms with Gasteiger partial charge in [-0.25, -0.2) is 0 Å². The van der Waals surface area contributed by atoms with Crippen LogP contribution in [0, 0.1) is 10.1 Å². The summed E-state index contributed by atoms with van der Waals surface area (Å²) in [6.07, 6.45) is 4.96. The van der Waals surface area contributed by atoms with Crippen molar-refractivity contribution in [2.24, 2.45) is 0 Å². The summed E-state index contributed by atoms with van der Waals surface area (Å²) >= 11 is 0. The Labute approximate surface area is 144 Å². The Morgan fingerprint density at radius 2 is 1.92 bits per heavy atom. The molecule has 6 nitrogen and oxygen atoms in total. The maximum atomic E-state index is 12.0. The monoisotopic (exact) mass is 336 g/mol. The van der Waals surface area contributed by atoms with E-state index < -0.39 is 4.92 Å². The zero-order valence-corrected chi connectivity index (χ0v) is 13.5. The second-order valence-electron chi connectivity index (χ2n) is 5.57. The number of carbonyl (C=O) groups is 1. The van der Waals surface area contributed by atoms with E-state index in [-0.39, 0.29) is 17.7 Å². The van der Waals surface area contributed by atoms with Gasteiger partial charge in [0.05, 0.1) is 4.92 Å². The molecule has 25 heavy (non-hydrogen) atoms. The SMILES string of the molecule is CC1Oc2ccccc2C=C1/C=C/C(=O)Nc1ccc([N+](=O)[O-])cc1. The van der Waals surface area contributed by atoms with Crippen LogP contribution in [0.1, 0.15) is 12.5 Å². The summed E-state index contributed by atoms with van der Waals surface area (Å²) in [5.74, 6) is 0.503. The molecule has 0 bridgehead atoms. The van der Waals surface area contributed by atoms with Crippen molar-refractivity contribution in [1.82, 2.24) is 0 Å². The molecular weight excluding hydrogens is 320 g/mol. The van der Waals surface area contributed by atoms with Crippen molar-refractivity contribution in [2.75, 3.05) is 5.32 Å². The van der Waals surface area contributed by atoms with Gasteiger partial charge in [0.25, 0.3) is 5.69 Å². The van der Waals surface area contributed by atoms with E-state index in [1.54, 1.807) is 6.08 Å². The summed E-state index contributed by atoms with van der Waals surface area (Å²) in [5, 5.41) is 13.3. The molecule has 1 aliphatic rings. The van der Waals surface area contributed by atoms with Gasteiger partial charge in [0.1, 0.15) is 11.9 Å². The van der Waals surface area contributed by atoms with Gasteiger partial charge in [-0.05, 0) is 42.8 Å². The van der Waals surface area contributed by atoms with Crippen LogP contribution in [0.3, 0.4) is 0 Å². The molecule has 0 saturated carbocycles. The standard InChI is InChI=1S/C19H16N2O4/c1-13-14(12-15-4-2-3-5-18(15)25-13)6-11-19(22)20-16-7-9-17(10-8-16)21(23)24/h2-13H,1H3,(H,20,22)/b11-6+. The van der Waals surface area contributed by atoms with Crippen LogP contribution in [0.25, 0.3) is 6.08 Å². The largest absolute Gasteiger partial charge is 0.485 e. The van der Waals surface area contributed by atoms with Crippen LogP contribution < -0.4 is 10.1 Å². The number of nitrogens with one attached hydrogen (secondary N) is 1. The number of para-hydroxylation sites is 1. The molecule has 0 aromatic heterocycles. The van der Waals surface area contributed by atoms with Crippen molar-refractivity contribution in [2.45, 2.75) is 13.0 Å². The van der Waals surface area contributed by atoms with Crippen LogP contribution in [-0.4, -0.2) is 16.9 Å². The lowest BCUT2D eigenvalue weighted by atomic mass is 10.0. The molecule has 0 aliphatic carbocycles. The van der Waals surface area contributed by atoms with Gasteiger partial charge < -0.3 is 10.1 Å². The van der Waals surface area contributed by atoms with Crippen LogP contribution in [0.5, 0.6) is 5.75 Å². The number of non-ortho nitro benzene ring substituents is 1. The summed E-state index contributed by atoms with van der Waals surface area (Å²) in [5.41, 5.74) is 2.33. The van der Waals surface area contributed by atoms with Crippen molar-refractivity contribution in [3.05, 3.63) is 81.9 Å². The maximum absolute atomic E-state index is 12.0. The van der Waals surface area contributed by atoms with E-state index in [0.717, 1.165) is 16.9 Å². The van der Waals surface area contributed by atoms with Crippen LogP contribution in [0.15, 0.2) is 66.3 Å². The van der Waals surface area contributed by atoms with Crippen molar-refractivity contribution in [1.29, 1.82) is 0 Å². The Morgan fingerprint density at radius 1 is 1.20 bits per heavy atom. The molecular formula is C19H16N2O4. The Balaban J connectivity index is 1.68.